The van der Waals surface area contributed by atoms with E-state index in [1.54, 1.807) is 12.1 Å². The van der Waals surface area contributed by atoms with Gasteiger partial charge in [-0.1, -0.05) is 12.8 Å². The van der Waals surface area contributed by atoms with Gasteiger partial charge in [-0.3, -0.25) is 0 Å². The summed E-state index contributed by atoms with van der Waals surface area (Å²) in [6.07, 6.45) is 6.19. The molecule has 1 N–H and O–H groups in total. The van der Waals surface area contributed by atoms with Crippen LogP contribution in [0.4, 0.5) is 10.1 Å². The van der Waals surface area contributed by atoms with Crippen LogP contribution in [0.3, 0.4) is 0 Å². The molecule has 1 aliphatic carbocycles. The smallest absolute Gasteiger partial charge is 0.167 e. The van der Waals surface area contributed by atoms with Crippen LogP contribution in [0, 0.1) is 5.82 Å². The Balaban J connectivity index is 1.79. The molecule has 1 heterocycles. The van der Waals surface area contributed by atoms with E-state index in [-0.39, 0.29) is 11.4 Å². The Morgan fingerprint density at radius 1 is 1.29 bits per heavy atom. The Hall–Kier alpha value is -1.29. The van der Waals surface area contributed by atoms with Crippen molar-refractivity contribution in [3.63, 3.8) is 0 Å². The van der Waals surface area contributed by atoms with Crippen LogP contribution in [0.15, 0.2) is 18.2 Å². The van der Waals surface area contributed by atoms with Gasteiger partial charge in [-0.15, -0.1) is 0 Å². The first-order chi connectivity index (χ1) is 10.2. The van der Waals surface area contributed by atoms with E-state index >= 15 is 0 Å². The molecule has 0 atom stereocenters. The molecule has 0 bridgehead atoms. The highest BCUT2D eigenvalue weighted by Crippen LogP contribution is 2.34. The van der Waals surface area contributed by atoms with E-state index in [2.05, 4.69) is 10.2 Å². The molecule has 0 unspecified atom stereocenters. The van der Waals surface area contributed by atoms with Crippen LogP contribution in [0.2, 0.25) is 0 Å². The summed E-state index contributed by atoms with van der Waals surface area (Å²) in [7, 11) is 0. The fourth-order valence-electron chi connectivity index (χ4n) is 3.69. The van der Waals surface area contributed by atoms with Crippen molar-refractivity contribution in [2.24, 2.45) is 0 Å². The molecule has 0 amide bonds. The third kappa shape index (κ3) is 3.15. The van der Waals surface area contributed by atoms with Gasteiger partial charge in [0.1, 0.15) is 0 Å². The second kappa shape index (κ2) is 6.22. The Morgan fingerprint density at radius 2 is 2.10 bits per heavy atom. The van der Waals surface area contributed by atoms with Crippen molar-refractivity contribution in [1.82, 2.24) is 5.32 Å². The Kier molecular flexibility index (Phi) is 4.34. The van der Waals surface area contributed by atoms with Crippen molar-refractivity contribution in [3.8, 4) is 5.75 Å². The van der Waals surface area contributed by atoms with Gasteiger partial charge in [0.25, 0.3) is 0 Å². The highest BCUT2D eigenvalue weighted by atomic mass is 19.1. The number of benzene rings is 1. The summed E-state index contributed by atoms with van der Waals surface area (Å²) in [6, 6.07) is 5.37. The predicted molar refractivity (Wildman–Crippen MR) is 83.6 cm³/mol. The van der Waals surface area contributed by atoms with Gasteiger partial charge in [0.2, 0.25) is 0 Å². The minimum absolute atomic E-state index is 0.242. The summed E-state index contributed by atoms with van der Waals surface area (Å²) in [5, 5.41) is 3.74. The van der Waals surface area contributed by atoms with E-state index in [1.807, 2.05) is 13.0 Å². The number of nitrogens with one attached hydrogen (secondary N) is 1. The molecule has 3 nitrogen and oxygen atoms in total. The molecule has 116 valence electrons. The molecule has 0 aromatic heterocycles. The minimum atomic E-state index is -0.257. The van der Waals surface area contributed by atoms with Gasteiger partial charge in [0.15, 0.2) is 11.6 Å². The fraction of sp³-hybridized carbons (Fsp3) is 0.647. The van der Waals surface area contributed by atoms with E-state index in [9.17, 15) is 4.39 Å². The first-order valence-electron chi connectivity index (χ1n) is 8.15. The fourth-order valence-corrected chi connectivity index (χ4v) is 3.69. The molecule has 1 saturated heterocycles. The molecular weight excluding hydrogens is 267 g/mol. The third-order valence-electron chi connectivity index (χ3n) is 4.74. The van der Waals surface area contributed by atoms with E-state index in [0.29, 0.717) is 12.4 Å². The zero-order valence-corrected chi connectivity index (χ0v) is 12.8. The van der Waals surface area contributed by atoms with Crippen LogP contribution in [0.1, 0.15) is 39.0 Å². The summed E-state index contributed by atoms with van der Waals surface area (Å²) in [5.74, 6) is 0.0943. The Bertz CT molecular complexity index is 486. The van der Waals surface area contributed by atoms with Crippen molar-refractivity contribution in [2.45, 2.75) is 44.6 Å². The van der Waals surface area contributed by atoms with Crippen molar-refractivity contribution in [2.75, 3.05) is 31.1 Å². The molecule has 1 aliphatic heterocycles. The number of ether oxygens (including phenoxy) is 1. The first-order valence-corrected chi connectivity index (χ1v) is 8.15. The van der Waals surface area contributed by atoms with Crippen LogP contribution < -0.4 is 15.0 Å². The maximum absolute atomic E-state index is 14.1. The number of anilines is 1. The predicted octanol–water partition coefficient (Wildman–Crippen LogP) is 3.34. The SMILES string of the molecule is CCOc1ccc(N2CCCNC3(CCCC3)C2)cc1F. The largest absolute Gasteiger partial charge is 0.491 e. The molecule has 0 radical (unpaired) electrons. The van der Waals surface area contributed by atoms with Crippen LogP contribution in [-0.4, -0.2) is 31.8 Å². The molecule has 21 heavy (non-hydrogen) atoms. The van der Waals surface area contributed by atoms with Gasteiger partial charge < -0.3 is 15.0 Å². The van der Waals surface area contributed by atoms with E-state index in [0.717, 1.165) is 31.7 Å². The van der Waals surface area contributed by atoms with Gasteiger partial charge in [0.05, 0.1) is 6.61 Å². The highest BCUT2D eigenvalue weighted by Gasteiger charge is 2.36. The van der Waals surface area contributed by atoms with Gasteiger partial charge in [0, 0.05) is 30.4 Å². The number of hydrogen-bond donors (Lipinski definition) is 1. The number of halogens is 1. The van der Waals surface area contributed by atoms with Gasteiger partial charge in [-0.2, -0.15) is 0 Å². The number of rotatable bonds is 3. The molecule has 2 fully saturated rings. The topological polar surface area (TPSA) is 24.5 Å². The zero-order chi connectivity index (χ0) is 14.7. The van der Waals surface area contributed by atoms with Gasteiger partial charge in [-0.25, -0.2) is 4.39 Å². The van der Waals surface area contributed by atoms with Crippen LogP contribution >= 0.6 is 0 Å². The Morgan fingerprint density at radius 3 is 2.81 bits per heavy atom. The standard InChI is InChI=1S/C17H25FN2O/c1-2-21-16-7-6-14(12-15(16)18)20-11-5-10-19-17(13-20)8-3-4-9-17/h6-7,12,19H,2-5,8-11,13H2,1H3. The van der Waals surface area contributed by atoms with Crippen molar-refractivity contribution in [3.05, 3.63) is 24.0 Å². The molecular formula is C17H25FN2O. The summed E-state index contributed by atoms with van der Waals surface area (Å²) in [5.41, 5.74) is 1.22. The van der Waals surface area contributed by atoms with Crippen LogP contribution in [0.5, 0.6) is 5.75 Å². The second-order valence-corrected chi connectivity index (χ2v) is 6.24. The summed E-state index contributed by atoms with van der Waals surface area (Å²) < 4.78 is 19.4. The number of nitrogens with zero attached hydrogens (tertiary/aromatic N) is 1. The van der Waals surface area contributed by atoms with Crippen molar-refractivity contribution >= 4 is 5.69 Å². The summed E-state index contributed by atoms with van der Waals surface area (Å²) in [6.45, 7) is 5.41. The lowest BCUT2D eigenvalue weighted by Gasteiger charge is -2.34. The van der Waals surface area contributed by atoms with E-state index in [4.69, 9.17) is 4.74 Å². The molecule has 3 rings (SSSR count). The molecule has 2 aliphatic rings. The second-order valence-electron chi connectivity index (χ2n) is 6.24. The number of hydrogen-bond acceptors (Lipinski definition) is 3. The van der Waals surface area contributed by atoms with Crippen LogP contribution in [0.25, 0.3) is 0 Å². The lowest BCUT2D eigenvalue weighted by atomic mass is 9.97. The molecule has 1 aromatic carbocycles. The maximum Gasteiger partial charge on any atom is 0.167 e. The Labute approximate surface area is 126 Å². The lowest BCUT2D eigenvalue weighted by Crippen LogP contribution is -2.49. The van der Waals surface area contributed by atoms with Crippen molar-refractivity contribution < 1.29 is 9.13 Å². The third-order valence-corrected chi connectivity index (χ3v) is 4.74. The summed E-state index contributed by atoms with van der Waals surface area (Å²) >= 11 is 0. The first kappa shape index (κ1) is 14.6. The normalized spacial score (nSPS) is 21.5. The molecule has 4 heteroatoms. The van der Waals surface area contributed by atoms with Crippen LogP contribution in [-0.2, 0) is 0 Å². The van der Waals surface area contributed by atoms with Gasteiger partial charge >= 0.3 is 0 Å². The quantitative estimate of drug-likeness (QED) is 0.925. The maximum atomic E-state index is 14.1. The molecule has 1 aromatic rings. The van der Waals surface area contributed by atoms with E-state index < -0.39 is 0 Å². The monoisotopic (exact) mass is 292 g/mol. The average molecular weight is 292 g/mol. The zero-order valence-electron chi connectivity index (χ0n) is 12.8. The van der Waals surface area contributed by atoms with E-state index in [1.165, 1.54) is 25.7 Å². The van der Waals surface area contributed by atoms with Crippen molar-refractivity contribution in [1.29, 1.82) is 0 Å². The summed E-state index contributed by atoms with van der Waals surface area (Å²) in [4.78, 5) is 2.34. The molecule has 1 saturated carbocycles. The average Bonchev–Trinajstić information content (AvgIpc) is 2.82. The van der Waals surface area contributed by atoms with Gasteiger partial charge in [-0.05, 0) is 44.9 Å². The highest BCUT2D eigenvalue weighted by molar-refractivity contribution is 5.50. The lowest BCUT2D eigenvalue weighted by molar-refractivity contribution is 0.321. The molecule has 1 spiro atoms. The minimum Gasteiger partial charge on any atom is -0.491 e.